The summed E-state index contributed by atoms with van der Waals surface area (Å²) >= 11 is 1.52. The fourth-order valence-corrected chi connectivity index (χ4v) is 2.95. The Bertz CT molecular complexity index is 622. The molecule has 0 radical (unpaired) electrons. The Morgan fingerprint density at radius 2 is 2.00 bits per heavy atom. The zero-order chi connectivity index (χ0) is 14.8. The molecule has 1 aliphatic rings. The molecule has 0 saturated carbocycles. The fourth-order valence-electron chi connectivity index (χ4n) is 2.05. The Kier molecular flexibility index (Phi) is 4.07. The van der Waals surface area contributed by atoms with Crippen molar-refractivity contribution in [3.63, 3.8) is 0 Å². The second kappa shape index (κ2) is 5.99. The first-order valence-corrected chi connectivity index (χ1v) is 7.84. The molecular formula is C15H18N2O3S. The molecule has 0 aliphatic carbocycles. The van der Waals surface area contributed by atoms with Crippen LogP contribution in [0.2, 0.25) is 0 Å². The summed E-state index contributed by atoms with van der Waals surface area (Å²) in [6, 6.07) is 5.73. The largest absolute Gasteiger partial charge is 0.486 e. The van der Waals surface area contributed by atoms with Crippen molar-refractivity contribution in [3.05, 3.63) is 35.2 Å². The van der Waals surface area contributed by atoms with E-state index in [2.05, 4.69) is 4.98 Å². The van der Waals surface area contributed by atoms with Crippen LogP contribution in [0.4, 0.5) is 0 Å². The first-order chi connectivity index (χ1) is 10.1. The van der Waals surface area contributed by atoms with Gasteiger partial charge < -0.3 is 19.6 Å². The zero-order valence-corrected chi connectivity index (χ0v) is 12.9. The fraction of sp³-hybridized carbons (Fsp3) is 0.400. The molecule has 5 nitrogen and oxygen atoms in total. The van der Waals surface area contributed by atoms with Gasteiger partial charge in [-0.15, -0.1) is 0 Å². The van der Waals surface area contributed by atoms with Crippen molar-refractivity contribution >= 4 is 11.8 Å². The molecule has 0 saturated heterocycles. The lowest BCUT2D eigenvalue weighted by Crippen LogP contribution is -2.17. The van der Waals surface area contributed by atoms with Gasteiger partial charge in [-0.2, -0.15) is 0 Å². The van der Waals surface area contributed by atoms with Gasteiger partial charge in [-0.3, -0.25) is 0 Å². The summed E-state index contributed by atoms with van der Waals surface area (Å²) < 4.78 is 16.6. The highest BCUT2D eigenvalue weighted by Crippen LogP contribution is 2.33. The van der Waals surface area contributed by atoms with E-state index in [9.17, 15) is 0 Å². The normalized spacial score (nSPS) is 15.0. The summed E-state index contributed by atoms with van der Waals surface area (Å²) in [5.74, 6) is 3.09. The Hall–Kier alpha value is -1.66. The lowest BCUT2D eigenvalue weighted by Gasteiger charge is -2.20. The van der Waals surface area contributed by atoms with E-state index in [-0.39, 0.29) is 6.04 Å². The maximum absolute atomic E-state index is 6.23. The molecule has 1 aliphatic heterocycles. The van der Waals surface area contributed by atoms with Crippen LogP contribution < -0.4 is 15.2 Å². The molecule has 0 spiro atoms. The van der Waals surface area contributed by atoms with Crippen molar-refractivity contribution in [2.24, 2.45) is 5.73 Å². The van der Waals surface area contributed by atoms with Crippen molar-refractivity contribution < 1.29 is 13.9 Å². The topological polar surface area (TPSA) is 70.5 Å². The highest BCUT2D eigenvalue weighted by Gasteiger charge is 2.16. The molecule has 3 rings (SSSR count). The van der Waals surface area contributed by atoms with Crippen molar-refractivity contribution in [1.29, 1.82) is 0 Å². The van der Waals surface area contributed by atoms with E-state index < -0.39 is 0 Å². The summed E-state index contributed by atoms with van der Waals surface area (Å²) in [6.07, 6.45) is 0. The quantitative estimate of drug-likeness (QED) is 0.876. The Balaban J connectivity index is 1.66. The molecule has 0 bridgehead atoms. The van der Waals surface area contributed by atoms with Gasteiger partial charge in [0, 0.05) is 11.8 Å². The SMILES string of the molecule is Cc1nc(SCC(N)c2ccc3c(c2)OCCO3)oc1C. The van der Waals surface area contributed by atoms with E-state index in [0.29, 0.717) is 24.2 Å². The van der Waals surface area contributed by atoms with Gasteiger partial charge in [-0.05, 0) is 31.5 Å². The van der Waals surface area contributed by atoms with Crippen LogP contribution in [0, 0.1) is 13.8 Å². The van der Waals surface area contributed by atoms with Gasteiger partial charge in [0.15, 0.2) is 11.5 Å². The number of rotatable bonds is 4. The third-order valence-electron chi connectivity index (χ3n) is 3.39. The van der Waals surface area contributed by atoms with Crippen LogP contribution in [-0.4, -0.2) is 24.0 Å². The molecule has 1 atom stereocenters. The third-order valence-corrected chi connectivity index (χ3v) is 4.34. The molecule has 6 heteroatoms. The number of aromatic nitrogens is 1. The first kappa shape index (κ1) is 14.3. The van der Waals surface area contributed by atoms with Crippen LogP contribution in [0.25, 0.3) is 0 Å². The molecule has 1 aromatic heterocycles. The summed E-state index contributed by atoms with van der Waals surface area (Å²) in [7, 11) is 0. The number of fused-ring (bicyclic) bond motifs is 1. The van der Waals surface area contributed by atoms with E-state index in [1.165, 1.54) is 11.8 Å². The molecule has 1 unspecified atom stereocenters. The minimum atomic E-state index is -0.113. The van der Waals surface area contributed by atoms with Crippen LogP contribution in [0.15, 0.2) is 27.8 Å². The average molecular weight is 306 g/mol. The van der Waals surface area contributed by atoms with Crippen molar-refractivity contribution in [2.45, 2.75) is 25.1 Å². The average Bonchev–Trinajstić information content (AvgIpc) is 2.83. The molecule has 21 heavy (non-hydrogen) atoms. The van der Waals surface area contributed by atoms with Gasteiger partial charge in [0.2, 0.25) is 0 Å². The van der Waals surface area contributed by atoms with E-state index in [0.717, 1.165) is 28.5 Å². The summed E-state index contributed by atoms with van der Waals surface area (Å²) in [5.41, 5.74) is 8.18. The van der Waals surface area contributed by atoms with E-state index in [1.807, 2.05) is 32.0 Å². The number of nitrogens with zero attached hydrogens (tertiary/aromatic N) is 1. The number of aryl methyl sites for hydroxylation is 2. The Labute approximate surface area is 127 Å². The second-order valence-electron chi connectivity index (χ2n) is 4.94. The third kappa shape index (κ3) is 3.16. The van der Waals surface area contributed by atoms with E-state index in [4.69, 9.17) is 19.6 Å². The minimum Gasteiger partial charge on any atom is -0.486 e. The molecule has 1 aromatic carbocycles. The monoisotopic (exact) mass is 306 g/mol. The van der Waals surface area contributed by atoms with Gasteiger partial charge in [-0.25, -0.2) is 4.98 Å². The molecule has 2 aromatic rings. The number of nitrogens with two attached hydrogens (primary N) is 1. The van der Waals surface area contributed by atoms with E-state index in [1.54, 1.807) is 0 Å². The molecular weight excluding hydrogens is 288 g/mol. The number of benzene rings is 1. The standard InChI is InChI=1S/C15H18N2O3S/c1-9-10(2)20-15(17-9)21-8-12(16)11-3-4-13-14(7-11)19-6-5-18-13/h3-4,7,12H,5-6,8,16H2,1-2H3. The highest BCUT2D eigenvalue weighted by atomic mass is 32.2. The van der Waals surface area contributed by atoms with Crippen molar-refractivity contribution in [2.75, 3.05) is 19.0 Å². The van der Waals surface area contributed by atoms with Crippen molar-refractivity contribution in [3.8, 4) is 11.5 Å². The highest BCUT2D eigenvalue weighted by molar-refractivity contribution is 7.99. The van der Waals surface area contributed by atoms with Gasteiger partial charge in [0.25, 0.3) is 5.22 Å². The van der Waals surface area contributed by atoms with Gasteiger partial charge in [-0.1, -0.05) is 17.8 Å². The van der Waals surface area contributed by atoms with Gasteiger partial charge >= 0.3 is 0 Å². The lowest BCUT2D eigenvalue weighted by atomic mass is 10.1. The first-order valence-electron chi connectivity index (χ1n) is 6.85. The van der Waals surface area contributed by atoms with Gasteiger partial charge in [0.05, 0.1) is 5.69 Å². The molecule has 0 amide bonds. The number of thioether (sulfide) groups is 1. The number of hydrogen-bond donors (Lipinski definition) is 1. The number of oxazole rings is 1. The van der Waals surface area contributed by atoms with Crippen LogP contribution >= 0.6 is 11.8 Å². The van der Waals surface area contributed by atoms with Crippen LogP contribution in [0.5, 0.6) is 11.5 Å². The van der Waals surface area contributed by atoms with Crippen molar-refractivity contribution in [1.82, 2.24) is 4.98 Å². The summed E-state index contributed by atoms with van der Waals surface area (Å²) in [4.78, 5) is 4.34. The van der Waals surface area contributed by atoms with E-state index >= 15 is 0 Å². The van der Waals surface area contributed by atoms with Crippen LogP contribution in [-0.2, 0) is 0 Å². The maximum Gasteiger partial charge on any atom is 0.256 e. The minimum absolute atomic E-state index is 0.113. The molecule has 2 N–H and O–H groups in total. The summed E-state index contributed by atoms with van der Waals surface area (Å²) in [6.45, 7) is 5.02. The zero-order valence-electron chi connectivity index (χ0n) is 12.1. The molecule has 2 heterocycles. The Morgan fingerprint density at radius 3 is 2.71 bits per heavy atom. The second-order valence-corrected chi connectivity index (χ2v) is 5.91. The summed E-state index contributed by atoms with van der Waals surface area (Å²) in [5, 5.41) is 0.665. The molecule has 112 valence electrons. The lowest BCUT2D eigenvalue weighted by molar-refractivity contribution is 0.171. The molecule has 0 fully saturated rings. The Morgan fingerprint density at radius 1 is 1.24 bits per heavy atom. The van der Waals surface area contributed by atoms with Gasteiger partial charge in [0.1, 0.15) is 19.0 Å². The predicted octanol–water partition coefficient (Wildman–Crippen LogP) is 2.85. The van der Waals surface area contributed by atoms with Crippen LogP contribution in [0.1, 0.15) is 23.1 Å². The maximum atomic E-state index is 6.23. The number of ether oxygens (including phenoxy) is 2. The van der Waals surface area contributed by atoms with Crippen LogP contribution in [0.3, 0.4) is 0 Å². The predicted molar refractivity (Wildman–Crippen MR) is 81.1 cm³/mol. The number of hydrogen-bond acceptors (Lipinski definition) is 6. The smallest absolute Gasteiger partial charge is 0.256 e.